The van der Waals surface area contributed by atoms with Gasteiger partial charge in [-0.3, -0.25) is 14.5 Å². The summed E-state index contributed by atoms with van der Waals surface area (Å²) in [4.78, 5) is 27.0. The van der Waals surface area contributed by atoms with Crippen LogP contribution in [0.15, 0.2) is 24.3 Å². The zero-order chi connectivity index (χ0) is 21.3. The average Bonchev–Trinajstić information content (AvgIpc) is 2.76. The largest absolute Gasteiger partial charge is 0.416 e. The van der Waals surface area contributed by atoms with Crippen molar-refractivity contribution in [2.75, 3.05) is 18.4 Å². The summed E-state index contributed by atoms with van der Waals surface area (Å²) in [5.74, 6) is -0.958. The van der Waals surface area contributed by atoms with E-state index in [9.17, 15) is 22.8 Å². The van der Waals surface area contributed by atoms with E-state index in [4.69, 9.17) is 0 Å². The van der Waals surface area contributed by atoms with Gasteiger partial charge in [0.15, 0.2) is 0 Å². The molecule has 4 rings (SSSR count). The van der Waals surface area contributed by atoms with Gasteiger partial charge in [0.05, 0.1) is 5.56 Å². The van der Waals surface area contributed by atoms with Gasteiger partial charge in [-0.25, -0.2) is 0 Å². The molecule has 3 fully saturated rings. The number of benzene rings is 1. The van der Waals surface area contributed by atoms with Crippen molar-refractivity contribution in [2.24, 2.45) is 0 Å². The van der Waals surface area contributed by atoms with E-state index in [0.717, 1.165) is 44.5 Å². The van der Waals surface area contributed by atoms with E-state index in [2.05, 4.69) is 15.5 Å². The summed E-state index contributed by atoms with van der Waals surface area (Å²) in [5, 5.41) is 6.39. The van der Waals surface area contributed by atoms with Gasteiger partial charge >= 0.3 is 6.18 Å². The summed E-state index contributed by atoms with van der Waals surface area (Å²) >= 11 is 0. The van der Waals surface area contributed by atoms with Gasteiger partial charge in [-0.15, -0.1) is 0 Å². The van der Waals surface area contributed by atoms with E-state index in [1.54, 1.807) is 0 Å². The molecule has 0 spiro atoms. The molecule has 2 saturated carbocycles. The number of ketones is 2. The molecule has 5 nitrogen and oxygen atoms in total. The highest BCUT2D eigenvalue weighted by molar-refractivity contribution is 6.49. The van der Waals surface area contributed by atoms with Gasteiger partial charge < -0.3 is 10.6 Å². The van der Waals surface area contributed by atoms with Crippen molar-refractivity contribution in [3.8, 4) is 0 Å². The molecule has 0 radical (unpaired) electrons. The topological polar surface area (TPSA) is 61.4 Å². The fraction of sp³-hybridized carbons (Fsp3) is 0.636. The molecule has 0 aromatic heterocycles. The molecule has 0 bridgehead atoms. The van der Waals surface area contributed by atoms with Crippen molar-refractivity contribution < 1.29 is 22.8 Å². The van der Waals surface area contributed by atoms with Gasteiger partial charge in [-0.05, 0) is 63.0 Å². The highest BCUT2D eigenvalue weighted by Crippen LogP contribution is 2.31. The summed E-state index contributed by atoms with van der Waals surface area (Å²) in [6.07, 6.45) is 3.56. The van der Waals surface area contributed by atoms with Crippen molar-refractivity contribution in [1.82, 2.24) is 10.2 Å². The van der Waals surface area contributed by atoms with Crippen molar-refractivity contribution in [3.05, 3.63) is 29.8 Å². The molecule has 1 aromatic carbocycles. The van der Waals surface area contributed by atoms with Crippen LogP contribution in [-0.4, -0.2) is 53.7 Å². The van der Waals surface area contributed by atoms with Crippen LogP contribution in [0.2, 0.25) is 0 Å². The Balaban J connectivity index is 1.42. The second-order valence-corrected chi connectivity index (χ2v) is 8.62. The molecule has 0 amide bonds. The van der Waals surface area contributed by atoms with E-state index in [1.807, 2.05) is 0 Å². The molecule has 2 N–H and O–H groups in total. The lowest BCUT2D eigenvalue weighted by molar-refractivity contribution is -0.146. The van der Waals surface area contributed by atoms with Gasteiger partial charge in [0.2, 0.25) is 11.6 Å². The number of nitrogens with zero attached hydrogens (tertiary/aromatic N) is 1. The maximum absolute atomic E-state index is 12.8. The quantitative estimate of drug-likeness (QED) is 0.711. The number of hydrogen-bond donors (Lipinski definition) is 2. The second-order valence-electron chi connectivity index (χ2n) is 8.62. The molecule has 1 aromatic rings. The minimum absolute atomic E-state index is 0.149. The van der Waals surface area contributed by atoms with Crippen LogP contribution in [0.25, 0.3) is 0 Å². The monoisotopic (exact) mass is 423 g/mol. The Hall–Kier alpha value is -1.93. The lowest BCUT2D eigenvalue weighted by Gasteiger charge is -2.45. The maximum Gasteiger partial charge on any atom is 0.416 e. The van der Waals surface area contributed by atoms with Crippen molar-refractivity contribution in [1.29, 1.82) is 0 Å². The van der Waals surface area contributed by atoms with Crippen molar-refractivity contribution in [3.63, 3.8) is 0 Å². The van der Waals surface area contributed by atoms with Crippen LogP contribution in [0.5, 0.6) is 0 Å². The van der Waals surface area contributed by atoms with Crippen LogP contribution in [0.4, 0.5) is 18.9 Å². The van der Waals surface area contributed by atoms with E-state index in [1.165, 1.54) is 37.8 Å². The summed E-state index contributed by atoms with van der Waals surface area (Å²) in [6, 6.07) is 3.70. The van der Waals surface area contributed by atoms with Gasteiger partial charge in [0.1, 0.15) is 12.1 Å². The lowest BCUT2D eigenvalue weighted by atomic mass is 9.80. The van der Waals surface area contributed by atoms with E-state index in [-0.39, 0.29) is 6.04 Å². The molecule has 4 atom stereocenters. The highest BCUT2D eigenvalue weighted by atomic mass is 19.4. The molecular formula is C22H28F3N3O2. The zero-order valence-electron chi connectivity index (χ0n) is 16.9. The number of hydrogen-bond acceptors (Lipinski definition) is 5. The molecule has 1 heterocycles. The first kappa shape index (κ1) is 21.3. The average molecular weight is 423 g/mol. The first-order valence-electron chi connectivity index (χ1n) is 10.9. The Morgan fingerprint density at radius 1 is 0.833 bits per heavy atom. The minimum Gasteiger partial charge on any atom is -0.373 e. The molecule has 30 heavy (non-hydrogen) atoms. The lowest BCUT2D eigenvalue weighted by Crippen LogP contribution is -2.70. The smallest absolute Gasteiger partial charge is 0.373 e. The van der Waals surface area contributed by atoms with Crippen molar-refractivity contribution >= 4 is 17.3 Å². The SMILES string of the molecule is O=C1C(=O)C(N[C@@H]2CCCC[C@H]2N2CCCCC2)C1Nc1ccc(C(F)(F)F)cc1. The minimum atomic E-state index is -4.41. The summed E-state index contributed by atoms with van der Waals surface area (Å²) < 4.78 is 38.3. The molecule has 1 aliphatic heterocycles. The molecule has 8 heteroatoms. The predicted octanol–water partition coefficient (Wildman–Crippen LogP) is 3.39. The third-order valence-corrected chi connectivity index (χ3v) is 6.66. The van der Waals surface area contributed by atoms with E-state index < -0.39 is 35.4 Å². The first-order valence-corrected chi connectivity index (χ1v) is 10.9. The van der Waals surface area contributed by atoms with Gasteiger partial charge in [-0.1, -0.05) is 19.3 Å². The molecular weight excluding hydrogens is 395 g/mol. The number of carbonyl (C=O) groups is 2. The van der Waals surface area contributed by atoms with Crippen molar-refractivity contribution in [2.45, 2.75) is 75.3 Å². The number of nitrogens with one attached hydrogen (secondary N) is 2. The van der Waals surface area contributed by atoms with Crippen LogP contribution >= 0.6 is 0 Å². The Morgan fingerprint density at radius 2 is 1.47 bits per heavy atom. The molecule has 1 saturated heterocycles. The summed E-state index contributed by atoms with van der Waals surface area (Å²) in [6.45, 7) is 2.15. The first-order chi connectivity index (χ1) is 14.3. The summed E-state index contributed by atoms with van der Waals surface area (Å²) in [7, 11) is 0. The number of alkyl halides is 3. The zero-order valence-corrected chi connectivity index (χ0v) is 16.9. The number of piperidine rings is 1. The second kappa shape index (κ2) is 8.67. The normalized spacial score (nSPS) is 30.8. The molecule has 3 aliphatic rings. The van der Waals surface area contributed by atoms with Gasteiger partial charge in [0, 0.05) is 17.8 Å². The standard InChI is InChI=1S/C22H28F3N3O2/c23-22(24,25)14-8-10-15(11-9-14)26-18-19(21(30)20(18)29)27-16-6-2-3-7-17(16)28-12-4-1-5-13-28/h8-11,16-19,26-27H,1-7,12-13H2/t16-,17-,18?,19?/m1/s1. The van der Waals surface area contributed by atoms with Gasteiger partial charge in [-0.2, -0.15) is 13.2 Å². The number of carbonyl (C=O) groups excluding carboxylic acids is 2. The highest BCUT2D eigenvalue weighted by Gasteiger charge is 2.50. The predicted molar refractivity (Wildman–Crippen MR) is 107 cm³/mol. The van der Waals surface area contributed by atoms with Crippen LogP contribution in [0, 0.1) is 0 Å². The third kappa shape index (κ3) is 4.39. The van der Waals surface area contributed by atoms with Crippen LogP contribution in [0.1, 0.15) is 50.5 Å². The van der Waals surface area contributed by atoms with Crippen LogP contribution in [-0.2, 0) is 15.8 Å². The van der Waals surface area contributed by atoms with E-state index in [0.29, 0.717) is 11.7 Å². The third-order valence-electron chi connectivity index (χ3n) is 6.66. The Morgan fingerprint density at radius 3 is 2.13 bits per heavy atom. The Kier molecular flexibility index (Phi) is 6.16. The number of anilines is 1. The molecule has 2 unspecified atom stereocenters. The number of halogens is 3. The van der Waals surface area contributed by atoms with Crippen LogP contribution in [0.3, 0.4) is 0 Å². The Bertz CT molecular complexity index is 775. The number of Topliss-reactive ketones (excluding diaryl/α,β-unsaturated/α-hetero) is 2. The number of rotatable bonds is 5. The molecule has 2 aliphatic carbocycles. The van der Waals surface area contributed by atoms with E-state index >= 15 is 0 Å². The summed E-state index contributed by atoms with van der Waals surface area (Å²) in [5.41, 5.74) is -0.345. The fourth-order valence-corrected chi connectivity index (χ4v) is 4.99. The maximum atomic E-state index is 12.8. The van der Waals surface area contributed by atoms with Gasteiger partial charge in [0.25, 0.3) is 0 Å². The number of likely N-dealkylation sites (tertiary alicyclic amines) is 1. The Labute approximate surface area is 174 Å². The molecule has 164 valence electrons. The van der Waals surface area contributed by atoms with Crippen LogP contribution < -0.4 is 10.6 Å². The fourth-order valence-electron chi connectivity index (χ4n) is 4.99.